The van der Waals surface area contributed by atoms with Crippen molar-refractivity contribution in [3.63, 3.8) is 0 Å². The third-order valence-electron chi connectivity index (χ3n) is 3.93. The van der Waals surface area contributed by atoms with Crippen molar-refractivity contribution in [2.24, 2.45) is 0 Å². The predicted molar refractivity (Wildman–Crippen MR) is 86.6 cm³/mol. The van der Waals surface area contributed by atoms with Crippen LogP contribution in [0.25, 0.3) is 0 Å². The van der Waals surface area contributed by atoms with E-state index in [1.165, 1.54) is 44.9 Å². The Morgan fingerprint density at radius 2 is 1.84 bits per heavy atom. The molecule has 1 aliphatic rings. The van der Waals surface area contributed by atoms with Gasteiger partial charge in [-0.05, 0) is 41.9 Å². The second-order valence-corrected chi connectivity index (χ2v) is 6.58. The molecule has 0 spiro atoms. The van der Waals surface area contributed by atoms with Crippen LogP contribution in [0.5, 0.6) is 0 Å². The summed E-state index contributed by atoms with van der Waals surface area (Å²) in [6.45, 7) is 2.13. The molecule has 2 rings (SSSR count). The van der Waals surface area contributed by atoms with Gasteiger partial charge in [0.05, 0.1) is 9.26 Å². The average Bonchev–Trinajstić information content (AvgIpc) is 2.34. The summed E-state index contributed by atoms with van der Waals surface area (Å²) in [7, 11) is 0. The van der Waals surface area contributed by atoms with Crippen molar-refractivity contribution in [2.45, 2.75) is 70.6 Å². The van der Waals surface area contributed by atoms with E-state index in [0.717, 1.165) is 27.9 Å². The summed E-state index contributed by atoms with van der Waals surface area (Å²) in [6.07, 6.45) is 10.8. The largest absolute Gasteiger partial charge is 0.309 e. The number of aromatic amines is 1. The molecule has 1 N–H and O–H groups in total. The van der Waals surface area contributed by atoms with E-state index in [1.54, 1.807) is 0 Å². The van der Waals surface area contributed by atoms with Gasteiger partial charge in [0.2, 0.25) is 0 Å². The Morgan fingerprint density at radius 3 is 2.47 bits per heavy atom. The summed E-state index contributed by atoms with van der Waals surface area (Å²) < 4.78 is 0.772. The Balaban J connectivity index is 2.24. The molecule has 106 valence electrons. The number of aromatic nitrogens is 2. The zero-order valence-corrected chi connectivity index (χ0v) is 13.8. The zero-order valence-electron chi connectivity index (χ0n) is 11.7. The first-order valence-electron chi connectivity index (χ1n) is 7.51. The SMILES string of the molecule is CCCc1nc(C2CCCCCCC2)[nH]c(=O)c1I. The summed E-state index contributed by atoms with van der Waals surface area (Å²) in [5.74, 6) is 1.40. The summed E-state index contributed by atoms with van der Waals surface area (Å²) in [6, 6.07) is 0. The highest BCUT2D eigenvalue weighted by Crippen LogP contribution is 2.28. The average molecular weight is 374 g/mol. The van der Waals surface area contributed by atoms with Gasteiger partial charge in [-0.25, -0.2) is 4.98 Å². The van der Waals surface area contributed by atoms with E-state index >= 15 is 0 Å². The van der Waals surface area contributed by atoms with E-state index in [9.17, 15) is 4.79 Å². The highest BCUT2D eigenvalue weighted by atomic mass is 127. The molecule has 0 amide bonds. The van der Waals surface area contributed by atoms with Gasteiger partial charge in [0.25, 0.3) is 5.56 Å². The van der Waals surface area contributed by atoms with Crippen LogP contribution in [0.3, 0.4) is 0 Å². The summed E-state index contributed by atoms with van der Waals surface area (Å²) in [4.78, 5) is 19.8. The van der Waals surface area contributed by atoms with Gasteiger partial charge in [0, 0.05) is 5.92 Å². The maximum Gasteiger partial charge on any atom is 0.264 e. The lowest BCUT2D eigenvalue weighted by Crippen LogP contribution is -2.20. The molecule has 0 radical (unpaired) electrons. The molecule has 1 saturated carbocycles. The number of H-pyrrole nitrogens is 1. The topological polar surface area (TPSA) is 45.8 Å². The van der Waals surface area contributed by atoms with E-state index in [4.69, 9.17) is 4.98 Å². The van der Waals surface area contributed by atoms with Crippen LogP contribution in [-0.2, 0) is 6.42 Å². The van der Waals surface area contributed by atoms with E-state index in [2.05, 4.69) is 34.5 Å². The van der Waals surface area contributed by atoms with Crippen LogP contribution in [0, 0.1) is 3.57 Å². The predicted octanol–water partition coefficient (Wildman–Crippen LogP) is 4.15. The van der Waals surface area contributed by atoms with Crippen LogP contribution in [0.1, 0.15) is 75.7 Å². The first-order valence-corrected chi connectivity index (χ1v) is 8.58. The van der Waals surface area contributed by atoms with Crippen molar-refractivity contribution in [1.82, 2.24) is 9.97 Å². The Kier molecular flexibility index (Phi) is 5.85. The van der Waals surface area contributed by atoms with Crippen molar-refractivity contribution in [3.05, 3.63) is 25.4 Å². The Bertz CT molecular complexity index is 462. The van der Waals surface area contributed by atoms with Gasteiger partial charge in [-0.15, -0.1) is 0 Å². The van der Waals surface area contributed by atoms with Crippen molar-refractivity contribution in [3.8, 4) is 0 Å². The third-order valence-corrected chi connectivity index (χ3v) is 5.04. The summed E-state index contributed by atoms with van der Waals surface area (Å²) in [5, 5.41) is 0. The van der Waals surface area contributed by atoms with Crippen molar-refractivity contribution in [2.75, 3.05) is 0 Å². The van der Waals surface area contributed by atoms with Gasteiger partial charge in [-0.2, -0.15) is 0 Å². The Labute approximate surface area is 128 Å². The van der Waals surface area contributed by atoms with Crippen LogP contribution < -0.4 is 5.56 Å². The second-order valence-electron chi connectivity index (χ2n) is 5.50. The number of nitrogens with one attached hydrogen (secondary N) is 1. The molecule has 0 aromatic carbocycles. The fraction of sp³-hybridized carbons (Fsp3) is 0.733. The first kappa shape index (κ1) is 15.0. The van der Waals surface area contributed by atoms with Gasteiger partial charge in [-0.3, -0.25) is 4.79 Å². The fourth-order valence-corrected chi connectivity index (χ4v) is 3.38. The molecule has 1 fully saturated rings. The fourth-order valence-electron chi connectivity index (χ4n) is 2.85. The highest BCUT2D eigenvalue weighted by molar-refractivity contribution is 14.1. The van der Waals surface area contributed by atoms with Crippen LogP contribution >= 0.6 is 22.6 Å². The summed E-state index contributed by atoms with van der Waals surface area (Å²) >= 11 is 2.12. The molecule has 0 atom stereocenters. The van der Waals surface area contributed by atoms with Crippen molar-refractivity contribution >= 4 is 22.6 Å². The molecule has 0 saturated heterocycles. The molecule has 1 aromatic rings. The number of hydrogen-bond donors (Lipinski definition) is 1. The maximum absolute atomic E-state index is 12.0. The zero-order chi connectivity index (χ0) is 13.7. The van der Waals surface area contributed by atoms with Crippen LogP contribution in [0.2, 0.25) is 0 Å². The second kappa shape index (κ2) is 7.41. The monoisotopic (exact) mass is 374 g/mol. The minimum absolute atomic E-state index is 0.0520. The number of halogens is 1. The van der Waals surface area contributed by atoms with Crippen molar-refractivity contribution < 1.29 is 0 Å². The van der Waals surface area contributed by atoms with Crippen LogP contribution in [0.15, 0.2) is 4.79 Å². The van der Waals surface area contributed by atoms with Crippen LogP contribution in [-0.4, -0.2) is 9.97 Å². The molecule has 3 nitrogen and oxygen atoms in total. The first-order chi connectivity index (χ1) is 9.22. The van der Waals surface area contributed by atoms with Crippen LogP contribution in [0.4, 0.5) is 0 Å². The van der Waals surface area contributed by atoms with Gasteiger partial charge in [0.1, 0.15) is 5.82 Å². The summed E-state index contributed by atoms with van der Waals surface area (Å²) in [5.41, 5.74) is 1.04. The number of aryl methyl sites for hydroxylation is 1. The van der Waals surface area contributed by atoms with E-state index in [-0.39, 0.29) is 5.56 Å². The lowest BCUT2D eigenvalue weighted by molar-refractivity contribution is 0.440. The lowest BCUT2D eigenvalue weighted by Gasteiger charge is -2.19. The molecule has 4 heteroatoms. The quantitative estimate of drug-likeness (QED) is 0.808. The molecule has 1 aliphatic carbocycles. The smallest absolute Gasteiger partial charge is 0.264 e. The number of hydrogen-bond acceptors (Lipinski definition) is 2. The minimum atomic E-state index is 0.0520. The molecule has 19 heavy (non-hydrogen) atoms. The van der Waals surface area contributed by atoms with Crippen molar-refractivity contribution in [1.29, 1.82) is 0 Å². The minimum Gasteiger partial charge on any atom is -0.309 e. The molecular weight excluding hydrogens is 351 g/mol. The maximum atomic E-state index is 12.0. The normalized spacial score (nSPS) is 18.0. The van der Waals surface area contributed by atoms with Gasteiger partial charge in [0.15, 0.2) is 0 Å². The molecule has 1 heterocycles. The molecule has 0 bridgehead atoms. The molecule has 0 unspecified atom stereocenters. The van der Waals surface area contributed by atoms with E-state index in [1.807, 2.05) is 0 Å². The Morgan fingerprint density at radius 1 is 1.21 bits per heavy atom. The molecule has 0 aliphatic heterocycles. The number of nitrogens with zero attached hydrogens (tertiary/aromatic N) is 1. The van der Waals surface area contributed by atoms with Gasteiger partial charge < -0.3 is 4.98 Å². The van der Waals surface area contributed by atoms with Gasteiger partial charge in [-0.1, -0.05) is 45.4 Å². The van der Waals surface area contributed by atoms with Gasteiger partial charge >= 0.3 is 0 Å². The van der Waals surface area contributed by atoms with E-state index in [0.29, 0.717) is 5.92 Å². The lowest BCUT2D eigenvalue weighted by atomic mass is 9.90. The Hall–Kier alpha value is -0.390. The molecular formula is C15H23IN2O. The standard InChI is InChI=1S/C15H23IN2O/c1-2-8-12-13(16)15(19)18-14(17-12)11-9-6-4-3-5-7-10-11/h11H,2-10H2,1H3,(H,17,18,19). The van der Waals surface area contributed by atoms with E-state index < -0.39 is 0 Å². The third kappa shape index (κ3) is 4.04. The molecule has 1 aromatic heterocycles. The highest BCUT2D eigenvalue weighted by Gasteiger charge is 2.18. The number of rotatable bonds is 3.